The Kier molecular flexibility index (Phi) is 3.43. The molecule has 3 nitrogen and oxygen atoms in total. The van der Waals surface area contributed by atoms with Crippen LogP contribution in [0.4, 0.5) is 0 Å². The summed E-state index contributed by atoms with van der Waals surface area (Å²) < 4.78 is 1.63. The second-order valence-corrected chi connectivity index (χ2v) is 4.52. The van der Waals surface area contributed by atoms with E-state index >= 15 is 0 Å². The van der Waals surface area contributed by atoms with E-state index in [1.54, 1.807) is 28.8 Å². The predicted octanol–water partition coefficient (Wildman–Crippen LogP) is 3.20. The van der Waals surface area contributed by atoms with Crippen LogP contribution in [-0.4, -0.2) is 9.67 Å². The van der Waals surface area contributed by atoms with Crippen LogP contribution in [0.2, 0.25) is 5.02 Å². The minimum atomic E-state index is -0.191. The molecule has 0 aliphatic carbocycles. The number of hydrogen-bond acceptors (Lipinski definition) is 2. The van der Waals surface area contributed by atoms with Crippen molar-refractivity contribution in [3.05, 3.63) is 51.3 Å². The Bertz CT molecular complexity index is 647. The van der Waals surface area contributed by atoms with Gasteiger partial charge in [0.15, 0.2) is 0 Å². The van der Waals surface area contributed by atoms with Gasteiger partial charge in [-0.2, -0.15) is 0 Å². The van der Waals surface area contributed by atoms with E-state index in [1.165, 1.54) is 0 Å². The number of benzene rings is 1. The van der Waals surface area contributed by atoms with E-state index in [-0.39, 0.29) is 16.3 Å². The van der Waals surface area contributed by atoms with Gasteiger partial charge in [0.05, 0.1) is 5.69 Å². The summed E-state index contributed by atoms with van der Waals surface area (Å²) >= 11 is 5.84. The highest BCUT2D eigenvalue weighted by Crippen LogP contribution is 2.26. The Balaban J connectivity index is 2.71. The number of aryl methyl sites for hydroxylation is 1. The minimum absolute atomic E-state index is 0.191. The lowest BCUT2D eigenvalue weighted by molar-refractivity contribution is 0.475. The molecule has 0 saturated heterocycles. The number of phenolic OH excluding ortho intramolecular Hbond substituents is 1. The number of halogens is 1. The van der Waals surface area contributed by atoms with Crippen molar-refractivity contribution in [2.45, 2.75) is 20.4 Å². The monoisotopic (exact) mass is 263 g/mol. The summed E-state index contributed by atoms with van der Waals surface area (Å²) in [7, 11) is 0. The molecule has 0 atom stereocenters. The number of phenols is 1. The molecule has 1 aromatic carbocycles. The molecule has 0 spiro atoms. The zero-order chi connectivity index (χ0) is 13.3. The van der Waals surface area contributed by atoms with Crippen molar-refractivity contribution >= 4 is 11.6 Å². The zero-order valence-corrected chi connectivity index (χ0v) is 11.0. The maximum atomic E-state index is 12.0. The van der Waals surface area contributed by atoms with Gasteiger partial charge in [0.1, 0.15) is 10.8 Å². The molecular formula is C14H14ClNO2. The summed E-state index contributed by atoms with van der Waals surface area (Å²) in [6.45, 7) is 4.35. The fraction of sp³-hybridized carbons (Fsp3) is 0.214. The SMILES string of the molecule is CCn1c(-c2ccc(O)cc2C)ccc(Cl)c1=O. The molecule has 2 aromatic rings. The highest BCUT2D eigenvalue weighted by atomic mass is 35.5. The topological polar surface area (TPSA) is 42.2 Å². The summed E-state index contributed by atoms with van der Waals surface area (Å²) in [6, 6.07) is 8.53. The van der Waals surface area contributed by atoms with Gasteiger partial charge >= 0.3 is 0 Å². The molecule has 0 bridgehead atoms. The van der Waals surface area contributed by atoms with Crippen molar-refractivity contribution in [1.29, 1.82) is 0 Å². The molecule has 0 aliphatic rings. The summed E-state index contributed by atoms with van der Waals surface area (Å²) in [5, 5.41) is 9.64. The summed E-state index contributed by atoms with van der Waals surface area (Å²) in [4.78, 5) is 12.0. The first-order valence-corrected chi connectivity index (χ1v) is 6.11. The molecule has 94 valence electrons. The normalized spacial score (nSPS) is 10.6. The molecule has 0 unspecified atom stereocenters. The third-order valence-electron chi connectivity index (χ3n) is 2.93. The van der Waals surface area contributed by atoms with Gasteiger partial charge in [0.2, 0.25) is 0 Å². The molecule has 18 heavy (non-hydrogen) atoms. The fourth-order valence-corrected chi connectivity index (χ4v) is 2.20. The minimum Gasteiger partial charge on any atom is -0.508 e. The molecular weight excluding hydrogens is 250 g/mol. The van der Waals surface area contributed by atoms with Crippen LogP contribution in [0, 0.1) is 6.92 Å². The number of nitrogens with zero attached hydrogens (tertiary/aromatic N) is 1. The van der Waals surface area contributed by atoms with E-state index in [2.05, 4.69) is 0 Å². The molecule has 1 heterocycles. The molecule has 0 amide bonds. The van der Waals surface area contributed by atoms with E-state index < -0.39 is 0 Å². The number of rotatable bonds is 2. The molecule has 0 radical (unpaired) electrons. The molecule has 4 heteroatoms. The first kappa shape index (κ1) is 12.7. The highest BCUT2D eigenvalue weighted by molar-refractivity contribution is 6.30. The second kappa shape index (κ2) is 4.86. The van der Waals surface area contributed by atoms with Crippen LogP contribution in [0.1, 0.15) is 12.5 Å². The number of aromatic nitrogens is 1. The lowest BCUT2D eigenvalue weighted by Gasteiger charge is -2.13. The van der Waals surface area contributed by atoms with Gasteiger partial charge in [-0.05, 0) is 49.7 Å². The zero-order valence-electron chi connectivity index (χ0n) is 10.3. The smallest absolute Gasteiger partial charge is 0.269 e. The van der Waals surface area contributed by atoms with Crippen molar-refractivity contribution in [2.24, 2.45) is 0 Å². The van der Waals surface area contributed by atoms with Crippen molar-refractivity contribution in [1.82, 2.24) is 4.57 Å². The van der Waals surface area contributed by atoms with Gasteiger partial charge < -0.3 is 9.67 Å². The maximum absolute atomic E-state index is 12.0. The van der Waals surface area contributed by atoms with Gasteiger partial charge in [-0.3, -0.25) is 4.79 Å². The third kappa shape index (κ3) is 2.14. The van der Waals surface area contributed by atoms with E-state index in [1.807, 2.05) is 19.9 Å². The average Bonchev–Trinajstić information content (AvgIpc) is 2.33. The Hall–Kier alpha value is -1.74. The van der Waals surface area contributed by atoms with Crippen molar-refractivity contribution in [2.75, 3.05) is 0 Å². The quantitative estimate of drug-likeness (QED) is 0.904. The fourth-order valence-electron chi connectivity index (χ4n) is 2.04. The van der Waals surface area contributed by atoms with E-state index in [0.717, 1.165) is 16.8 Å². The van der Waals surface area contributed by atoms with E-state index in [4.69, 9.17) is 11.6 Å². The number of hydrogen-bond donors (Lipinski definition) is 1. The van der Waals surface area contributed by atoms with Gasteiger partial charge in [0, 0.05) is 12.1 Å². The molecule has 2 rings (SSSR count). The molecule has 1 N–H and O–H groups in total. The summed E-state index contributed by atoms with van der Waals surface area (Å²) in [5.74, 6) is 0.218. The molecule has 0 fully saturated rings. The van der Waals surface area contributed by atoms with Crippen LogP contribution >= 0.6 is 11.6 Å². The number of aromatic hydroxyl groups is 1. The Morgan fingerprint density at radius 1 is 1.28 bits per heavy atom. The number of pyridine rings is 1. The Labute approximate surface area is 110 Å². The lowest BCUT2D eigenvalue weighted by Crippen LogP contribution is -2.21. The molecule has 1 aromatic heterocycles. The first-order chi connectivity index (χ1) is 8.54. The van der Waals surface area contributed by atoms with Crippen LogP contribution in [0.15, 0.2) is 35.1 Å². The molecule has 0 aliphatic heterocycles. The van der Waals surface area contributed by atoms with E-state index in [0.29, 0.717) is 6.54 Å². The maximum Gasteiger partial charge on any atom is 0.269 e. The Morgan fingerprint density at radius 2 is 2.00 bits per heavy atom. The predicted molar refractivity (Wildman–Crippen MR) is 73.2 cm³/mol. The third-order valence-corrected chi connectivity index (χ3v) is 3.22. The highest BCUT2D eigenvalue weighted by Gasteiger charge is 2.10. The van der Waals surface area contributed by atoms with Crippen molar-refractivity contribution in [3.8, 4) is 17.0 Å². The van der Waals surface area contributed by atoms with Crippen LogP contribution in [-0.2, 0) is 6.54 Å². The Morgan fingerprint density at radius 3 is 2.61 bits per heavy atom. The van der Waals surface area contributed by atoms with Gasteiger partial charge in [-0.15, -0.1) is 0 Å². The average molecular weight is 264 g/mol. The van der Waals surface area contributed by atoms with Gasteiger partial charge in [-0.25, -0.2) is 0 Å². The van der Waals surface area contributed by atoms with Crippen molar-refractivity contribution < 1.29 is 5.11 Å². The largest absolute Gasteiger partial charge is 0.508 e. The lowest BCUT2D eigenvalue weighted by atomic mass is 10.0. The standard InChI is InChI=1S/C14H14ClNO2/c1-3-16-13(7-6-12(15)14(16)18)11-5-4-10(17)8-9(11)2/h4-8,17H,3H2,1-2H3. The van der Waals surface area contributed by atoms with E-state index in [9.17, 15) is 9.90 Å². The first-order valence-electron chi connectivity index (χ1n) is 5.74. The van der Waals surface area contributed by atoms with Crippen LogP contribution in [0.5, 0.6) is 5.75 Å². The summed E-state index contributed by atoms with van der Waals surface area (Å²) in [6.07, 6.45) is 0. The van der Waals surface area contributed by atoms with Crippen LogP contribution in [0.25, 0.3) is 11.3 Å². The van der Waals surface area contributed by atoms with Gasteiger partial charge in [0.25, 0.3) is 5.56 Å². The summed E-state index contributed by atoms with van der Waals surface area (Å²) in [5.41, 5.74) is 2.45. The molecule has 0 saturated carbocycles. The second-order valence-electron chi connectivity index (χ2n) is 4.12. The van der Waals surface area contributed by atoms with Crippen LogP contribution < -0.4 is 5.56 Å². The van der Waals surface area contributed by atoms with Gasteiger partial charge in [-0.1, -0.05) is 11.6 Å². The van der Waals surface area contributed by atoms with Crippen LogP contribution in [0.3, 0.4) is 0 Å². The van der Waals surface area contributed by atoms with Crippen molar-refractivity contribution in [3.63, 3.8) is 0 Å².